The number of aromatic nitrogens is 2. The number of hydrogen-bond acceptors (Lipinski definition) is 5. The summed E-state index contributed by atoms with van der Waals surface area (Å²) in [5.74, 6) is -0.321. The molecule has 1 atom stereocenters. The lowest BCUT2D eigenvalue weighted by atomic mass is 9.98. The van der Waals surface area contributed by atoms with E-state index in [9.17, 15) is 22.4 Å². The van der Waals surface area contributed by atoms with Crippen LogP contribution in [0, 0.1) is 5.82 Å². The fraction of sp³-hybridized carbons (Fsp3) is 0.286. The van der Waals surface area contributed by atoms with Crippen molar-refractivity contribution in [2.24, 2.45) is 0 Å². The Kier molecular flexibility index (Phi) is 8.07. The van der Waals surface area contributed by atoms with E-state index < -0.39 is 29.6 Å². The van der Waals surface area contributed by atoms with Crippen molar-refractivity contribution in [1.29, 1.82) is 0 Å². The average molecular weight is 591 g/mol. The van der Waals surface area contributed by atoms with Gasteiger partial charge < -0.3 is 25.3 Å². The number of ether oxygens (including phenoxy) is 1. The van der Waals surface area contributed by atoms with Gasteiger partial charge in [-0.15, -0.1) is 0 Å². The van der Waals surface area contributed by atoms with Crippen molar-refractivity contribution in [2.75, 3.05) is 43.9 Å². The molecular weight excluding hydrogens is 564 g/mol. The number of benzene rings is 2. The van der Waals surface area contributed by atoms with Gasteiger partial charge in [-0.3, -0.25) is 4.90 Å². The van der Waals surface area contributed by atoms with Gasteiger partial charge in [0.25, 0.3) is 0 Å². The lowest BCUT2D eigenvalue weighted by Gasteiger charge is -2.37. The van der Waals surface area contributed by atoms with Crippen molar-refractivity contribution in [3.8, 4) is 11.5 Å². The number of fused-ring (bicyclic) bond motifs is 1. The van der Waals surface area contributed by atoms with Crippen molar-refractivity contribution in [3.05, 3.63) is 76.8 Å². The summed E-state index contributed by atoms with van der Waals surface area (Å²) in [6, 6.07) is 7.67. The molecule has 1 aliphatic heterocycles. The minimum absolute atomic E-state index is 0.0744. The molecule has 8 nitrogen and oxygen atoms in total. The van der Waals surface area contributed by atoms with Crippen LogP contribution in [0.25, 0.3) is 11.0 Å². The van der Waals surface area contributed by atoms with Gasteiger partial charge in [0.15, 0.2) is 0 Å². The first-order valence-corrected chi connectivity index (χ1v) is 13.2. The molecule has 4 aromatic rings. The van der Waals surface area contributed by atoms with Gasteiger partial charge in [-0.2, -0.15) is 13.2 Å². The van der Waals surface area contributed by atoms with E-state index in [-0.39, 0.29) is 22.7 Å². The Morgan fingerprint density at radius 2 is 1.85 bits per heavy atom. The predicted octanol–water partition coefficient (Wildman–Crippen LogP) is 7.12. The summed E-state index contributed by atoms with van der Waals surface area (Å²) >= 11 is 6.18. The number of pyridine rings is 1. The molecule has 0 saturated carbocycles. The van der Waals surface area contributed by atoms with Crippen LogP contribution in [0.4, 0.5) is 33.7 Å². The Morgan fingerprint density at radius 3 is 2.56 bits per heavy atom. The SMILES string of the molecule is CC(c1ccc(NC(=O)Nc2ccc(Oc3ccnc4[nH]cc(Cl)c34)cc2F)cc1C(F)(F)F)N1CCN(C)CC1. The first-order chi connectivity index (χ1) is 19.5. The highest BCUT2D eigenvalue weighted by atomic mass is 35.5. The van der Waals surface area contributed by atoms with E-state index >= 15 is 0 Å². The molecule has 1 unspecified atom stereocenters. The second-order valence-corrected chi connectivity index (χ2v) is 10.2. The van der Waals surface area contributed by atoms with Crippen LogP contribution in [0.1, 0.15) is 24.1 Å². The van der Waals surface area contributed by atoms with E-state index in [0.717, 1.165) is 25.2 Å². The molecule has 3 N–H and O–H groups in total. The van der Waals surface area contributed by atoms with Crippen LogP contribution >= 0.6 is 11.6 Å². The largest absolute Gasteiger partial charge is 0.456 e. The molecule has 0 bridgehead atoms. The van der Waals surface area contributed by atoms with Crippen molar-refractivity contribution < 1.29 is 27.1 Å². The molecule has 13 heteroatoms. The van der Waals surface area contributed by atoms with Gasteiger partial charge in [0.1, 0.15) is 23.0 Å². The van der Waals surface area contributed by atoms with Crippen molar-refractivity contribution >= 4 is 40.0 Å². The Bertz CT molecular complexity index is 1570. The summed E-state index contributed by atoms with van der Waals surface area (Å²) in [4.78, 5) is 23.8. The normalized spacial score (nSPS) is 15.6. The van der Waals surface area contributed by atoms with Crippen LogP contribution in [-0.2, 0) is 6.18 Å². The summed E-state index contributed by atoms with van der Waals surface area (Å²) in [6.07, 6.45) is -1.57. The highest BCUT2D eigenvalue weighted by molar-refractivity contribution is 6.36. The van der Waals surface area contributed by atoms with Crippen LogP contribution in [0.2, 0.25) is 5.02 Å². The zero-order valence-corrected chi connectivity index (χ0v) is 22.9. The fourth-order valence-corrected chi connectivity index (χ4v) is 5.03. The van der Waals surface area contributed by atoms with E-state index in [4.69, 9.17) is 16.3 Å². The monoisotopic (exact) mass is 590 g/mol. The number of aromatic amines is 1. The number of carbonyl (C=O) groups excluding carboxylic acids is 1. The Morgan fingerprint density at radius 1 is 1.10 bits per heavy atom. The number of amides is 2. The van der Waals surface area contributed by atoms with Crippen LogP contribution < -0.4 is 15.4 Å². The van der Waals surface area contributed by atoms with Crippen LogP contribution in [-0.4, -0.2) is 59.0 Å². The van der Waals surface area contributed by atoms with Crippen LogP contribution in [0.5, 0.6) is 11.5 Å². The molecule has 216 valence electrons. The van der Waals surface area contributed by atoms with Gasteiger partial charge in [-0.05, 0) is 49.9 Å². The summed E-state index contributed by atoms with van der Waals surface area (Å²) in [5.41, 5.74) is -0.469. The Hall–Kier alpha value is -3.87. The molecular formula is C28H27ClF4N6O2. The molecule has 1 aliphatic rings. The Labute approximate surface area is 238 Å². The number of urea groups is 1. The van der Waals surface area contributed by atoms with Crippen molar-refractivity contribution in [2.45, 2.75) is 19.1 Å². The topological polar surface area (TPSA) is 85.5 Å². The zero-order valence-electron chi connectivity index (χ0n) is 22.1. The molecule has 0 radical (unpaired) electrons. The minimum atomic E-state index is -4.63. The molecule has 2 amide bonds. The number of rotatable bonds is 6. The maximum Gasteiger partial charge on any atom is 0.416 e. The molecule has 0 aliphatic carbocycles. The van der Waals surface area contributed by atoms with Gasteiger partial charge in [-0.1, -0.05) is 17.7 Å². The molecule has 5 rings (SSSR count). The zero-order chi connectivity index (χ0) is 29.3. The third-order valence-corrected chi connectivity index (χ3v) is 7.35. The number of hydrogen-bond donors (Lipinski definition) is 3. The molecule has 2 aromatic carbocycles. The predicted molar refractivity (Wildman–Crippen MR) is 149 cm³/mol. The number of piperazine rings is 1. The first kappa shape index (κ1) is 28.7. The smallest absolute Gasteiger partial charge is 0.416 e. The highest BCUT2D eigenvalue weighted by Gasteiger charge is 2.36. The van der Waals surface area contributed by atoms with E-state index in [1.165, 1.54) is 30.5 Å². The van der Waals surface area contributed by atoms with E-state index in [0.29, 0.717) is 34.9 Å². The maximum atomic E-state index is 14.8. The van der Waals surface area contributed by atoms with Gasteiger partial charge in [-0.25, -0.2) is 14.2 Å². The maximum absolute atomic E-state index is 14.8. The third-order valence-electron chi connectivity index (χ3n) is 7.06. The number of nitrogens with zero attached hydrogens (tertiary/aromatic N) is 3. The number of likely N-dealkylation sites (N-methyl/N-ethyl adjacent to an activating group) is 1. The first-order valence-electron chi connectivity index (χ1n) is 12.8. The summed E-state index contributed by atoms with van der Waals surface area (Å²) in [7, 11) is 1.97. The number of nitrogens with one attached hydrogen (secondary N) is 3. The molecule has 0 spiro atoms. The molecule has 1 saturated heterocycles. The minimum Gasteiger partial charge on any atom is -0.456 e. The third kappa shape index (κ3) is 6.39. The van der Waals surface area contributed by atoms with Gasteiger partial charge in [0.2, 0.25) is 0 Å². The van der Waals surface area contributed by atoms with E-state index in [2.05, 4.69) is 25.5 Å². The van der Waals surface area contributed by atoms with E-state index in [1.54, 1.807) is 19.2 Å². The van der Waals surface area contributed by atoms with Gasteiger partial charge in [0, 0.05) is 56.4 Å². The van der Waals surface area contributed by atoms with Crippen molar-refractivity contribution in [3.63, 3.8) is 0 Å². The number of alkyl halides is 3. The number of halogens is 5. The summed E-state index contributed by atoms with van der Waals surface area (Å²) in [5, 5.41) is 5.60. The lowest BCUT2D eigenvalue weighted by Crippen LogP contribution is -2.45. The second kappa shape index (κ2) is 11.6. The molecule has 2 aromatic heterocycles. The number of anilines is 2. The number of H-pyrrole nitrogens is 1. The quantitative estimate of drug-likeness (QED) is 0.208. The van der Waals surface area contributed by atoms with Gasteiger partial charge in [0.05, 0.1) is 21.7 Å². The Balaban J connectivity index is 1.28. The second-order valence-electron chi connectivity index (χ2n) is 9.81. The fourth-order valence-electron chi connectivity index (χ4n) is 4.80. The van der Waals surface area contributed by atoms with Gasteiger partial charge >= 0.3 is 12.2 Å². The molecule has 41 heavy (non-hydrogen) atoms. The summed E-state index contributed by atoms with van der Waals surface area (Å²) < 4.78 is 62.6. The highest BCUT2D eigenvalue weighted by Crippen LogP contribution is 2.38. The standard InChI is InChI=1S/C28H27ClF4N6O2/c1-16(39-11-9-38(2)10-12-39)19-5-3-17(13-20(19)28(31,32)33)36-27(40)37-23-6-4-18(14-22(23)30)41-24-7-8-34-26-25(24)21(29)15-35-26/h3-8,13-16H,9-12H2,1-2H3,(H,34,35)(H2,36,37,40). The lowest BCUT2D eigenvalue weighted by molar-refractivity contribution is -0.138. The van der Waals surface area contributed by atoms with Crippen molar-refractivity contribution in [1.82, 2.24) is 19.8 Å². The molecule has 1 fully saturated rings. The van der Waals surface area contributed by atoms with Crippen LogP contribution in [0.3, 0.4) is 0 Å². The molecule has 3 heterocycles. The van der Waals surface area contributed by atoms with E-state index in [1.807, 2.05) is 11.9 Å². The van der Waals surface area contributed by atoms with Crippen LogP contribution in [0.15, 0.2) is 54.9 Å². The average Bonchev–Trinajstić information content (AvgIpc) is 3.31. The number of carbonyl (C=O) groups is 1. The summed E-state index contributed by atoms with van der Waals surface area (Å²) in [6.45, 7) is 4.59.